The summed E-state index contributed by atoms with van der Waals surface area (Å²) < 4.78 is 7.49. The first-order chi connectivity index (χ1) is 8.61. The quantitative estimate of drug-likeness (QED) is 0.893. The first-order valence-electron chi connectivity index (χ1n) is 6.97. The summed E-state index contributed by atoms with van der Waals surface area (Å²) in [5, 5.41) is 14.6. The second-order valence-electron chi connectivity index (χ2n) is 6.50. The molecule has 1 rings (SSSR count). The topological polar surface area (TPSA) is 47.3 Å². The van der Waals surface area contributed by atoms with E-state index in [9.17, 15) is 5.11 Å². The summed E-state index contributed by atoms with van der Waals surface area (Å²) in [6.45, 7) is 15.2. The smallest absolute Gasteiger partial charge is 0.0969 e. The van der Waals surface area contributed by atoms with Crippen LogP contribution in [-0.4, -0.2) is 33.2 Å². The highest BCUT2D eigenvalue weighted by atomic mass is 16.5. The Hall–Kier alpha value is -0.870. The van der Waals surface area contributed by atoms with Crippen molar-refractivity contribution in [2.75, 3.05) is 6.61 Å². The van der Waals surface area contributed by atoms with Crippen molar-refractivity contribution in [2.24, 2.45) is 0 Å². The van der Waals surface area contributed by atoms with Gasteiger partial charge in [-0.25, -0.2) is 0 Å². The van der Waals surface area contributed by atoms with E-state index in [1.165, 1.54) is 5.56 Å². The molecule has 19 heavy (non-hydrogen) atoms. The van der Waals surface area contributed by atoms with Crippen LogP contribution in [0.1, 0.15) is 57.5 Å². The standard InChI is InChI=1S/C15H28N2O2/c1-10(2)14-11(3)16-17(12(14)4)8-13(18)9-19-15(5,6)7/h10,13,18H,8-9H2,1-7H3. The molecule has 0 aliphatic heterocycles. The Morgan fingerprint density at radius 3 is 2.26 bits per heavy atom. The molecule has 1 aromatic heterocycles. The number of nitrogens with zero attached hydrogens (tertiary/aromatic N) is 2. The molecule has 0 aromatic carbocycles. The molecule has 0 fully saturated rings. The summed E-state index contributed by atoms with van der Waals surface area (Å²) in [6.07, 6.45) is -0.530. The fourth-order valence-corrected chi connectivity index (χ4v) is 2.32. The lowest BCUT2D eigenvalue weighted by molar-refractivity contribution is -0.0534. The summed E-state index contributed by atoms with van der Waals surface area (Å²) in [7, 11) is 0. The van der Waals surface area contributed by atoms with Crippen LogP contribution in [0.5, 0.6) is 0 Å². The first-order valence-corrected chi connectivity index (χ1v) is 6.97. The Labute approximate surface area is 116 Å². The van der Waals surface area contributed by atoms with Gasteiger partial charge in [0.2, 0.25) is 0 Å². The maximum atomic E-state index is 10.0. The molecule has 1 atom stereocenters. The molecule has 0 saturated heterocycles. The van der Waals surface area contributed by atoms with Gasteiger partial charge in [-0.2, -0.15) is 5.10 Å². The van der Waals surface area contributed by atoms with Crippen LogP contribution in [0.25, 0.3) is 0 Å². The Kier molecular flexibility index (Phi) is 5.16. The molecule has 1 N–H and O–H groups in total. The van der Waals surface area contributed by atoms with Gasteiger partial charge in [0.05, 0.1) is 30.6 Å². The van der Waals surface area contributed by atoms with Gasteiger partial charge in [-0.05, 0) is 46.1 Å². The zero-order valence-corrected chi connectivity index (χ0v) is 13.3. The summed E-state index contributed by atoms with van der Waals surface area (Å²) in [6, 6.07) is 0. The third-order valence-electron chi connectivity index (χ3n) is 3.11. The molecular weight excluding hydrogens is 240 g/mol. The van der Waals surface area contributed by atoms with Gasteiger partial charge in [-0.1, -0.05) is 13.8 Å². The van der Waals surface area contributed by atoms with Crippen LogP contribution in [0.2, 0.25) is 0 Å². The Balaban J connectivity index is 2.70. The van der Waals surface area contributed by atoms with Crippen LogP contribution in [0.4, 0.5) is 0 Å². The molecule has 0 amide bonds. The van der Waals surface area contributed by atoms with Crippen molar-refractivity contribution in [2.45, 2.75) is 72.6 Å². The predicted octanol–water partition coefficient (Wildman–Crippen LogP) is 2.80. The van der Waals surface area contributed by atoms with E-state index in [1.807, 2.05) is 32.4 Å². The minimum absolute atomic E-state index is 0.223. The van der Waals surface area contributed by atoms with Crippen molar-refractivity contribution in [3.05, 3.63) is 17.0 Å². The lowest BCUT2D eigenvalue weighted by atomic mass is 10.0. The second kappa shape index (κ2) is 6.06. The molecular formula is C15H28N2O2. The zero-order chi connectivity index (χ0) is 14.8. The molecule has 1 heterocycles. The number of rotatable bonds is 5. The maximum Gasteiger partial charge on any atom is 0.0969 e. The van der Waals surface area contributed by atoms with E-state index < -0.39 is 6.10 Å². The molecule has 4 nitrogen and oxygen atoms in total. The average molecular weight is 268 g/mol. The van der Waals surface area contributed by atoms with E-state index >= 15 is 0 Å². The lowest BCUT2D eigenvalue weighted by Crippen LogP contribution is -2.29. The van der Waals surface area contributed by atoms with Gasteiger partial charge < -0.3 is 9.84 Å². The molecule has 0 radical (unpaired) electrons. The van der Waals surface area contributed by atoms with Crippen LogP contribution in [-0.2, 0) is 11.3 Å². The highest BCUT2D eigenvalue weighted by Crippen LogP contribution is 2.22. The summed E-state index contributed by atoms with van der Waals surface area (Å²) in [4.78, 5) is 0. The fourth-order valence-electron chi connectivity index (χ4n) is 2.32. The summed E-state index contributed by atoms with van der Waals surface area (Å²) in [5.74, 6) is 0.455. The predicted molar refractivity (Wildman–Crippen MR) is 77.5 cm³/mol. The van der Waals surface area contributed by atoms with Crippen LogP contribution in [0.3, 0.4) is 0 Å². The number of aliphatic hydroxyl groups excluding tert-OH is 1. The van der Waals surface area contributed by atoms with E-state index in [-0.39, 0.29) is 5.60 Å². The van der Waals surface area contributed by atoms with Gasteiger partial charge in [0.1, 0.15) is 0 Å². The van der Waals surface area contributed by atoms with E-state index in [0.717, 1.165) is 11.4 Å². The normalized spacial score (nSPS) is 14.2. The van der Waals surface area contributed by atoms with Gasteiger partial charge in [-0.3, -0.25) is 4.68 Å². The Morgan fingerprint density at radius 2 is 1.84 bits per heavy atom. The maximum absolute atomic E-state index is 10.0. The molecule has 110 valence electrons. The van der Waals surface area contributed by atoms with Gasteiger partial charge in [0.15, 0.2) is 0 Å². The van der Waals surface area contributed by atoms with E-state index in [0.29, 0.717) is 19.1 Å². The number of aromatic nitrogens is 2. The number of hydrogen-bond donors (Lipinski definition) is 1. The van der Waals surface area contributed by atoms with Gasteiger partial charge in [0, 0.05) is 5.69 Å². The van der Waals surface area contributed by atoms with E-state index in [1.54, 1.807) is 0 Å². The van der Waals surface area contributed by atoms with Gasteiger partial charge >= 0.3 is 0 Å². The number of hydrogen-bond acceptors (Lipinski definition) is 3. The lowest BCUT2D eigenvalue weighted by Gasteiger charge is -2.22. The van der Waals surface area contributed by atoms with Crippen LogP contribution < -0.4 is 0 Å². The number of aliphatic hydroxyl groups is 1. The molecule has 0 aliphatic carbocycles. The van der Waals surface area contributed by atoms with Crippen molar-refractivity contribution in [1.29, 1.82) is 0 Å². The molecule has 4 heteroatoms. The summed E-state index contributed by atoms with van der Waals surface area (Å²) in [5.41, 5.74) is 3.25. The van der Waals surface area contributed by atoms with Crippen molar-refractivity contribution in [3.63, 3.8) is 0 Å². The van der Waals surface area contributed by atoms with E-state index in [4.69, 9.17) is 4.74 Å². The number of ether oxygens (including phenoxy) is 1. The SMILES string of the molecule is Cc1nn(CC(O)COC(C)(C)C)c(C)c1C(C)C. The largest absolute Gasteiger partial charge is 0.389 e. The monoisotopic (exact) mass is 268 g/mol. The van der Waals surface area contributed by atoms with Crippen LogP contribution in [0, 0.1) is 13.8 Å². The highest BCUT2D eigenvalue weighted by Gasteiger charge is 2.18. The molecule has 0 spiro atoms. The average Bonchev–Trinajstić information content (AvgIpc) is 2.50. The number of aryl methyl sites for hydroxylation is 1. The van der Waals surface area contributed by atoms with Crippen molar-refractivity contribution in [3.8, 4) is 0 Å². The molecule has 0 bridgehead atoms. The summed E-state index contributed by atoms with van der Waals surface area (Å²) >= 11 is 0. The van der Waals surface area contributed by atoms with Crippen molar-refractivity contribution >= 4 is 0 Å². The molecule has 0 saturated carbocycles. The minimum Gasteiger partial charge on any atom is -0.389 e. The minimum atomic E-state index is -0.530. The fraction of sp³-hybridized carbons (Fsp3) is 0.800. The zero-order valence-electron chi connectivity index (χ0n) is 13.3. The van der Waals surface area contributed by atoms with Gasteiger partial charge in [0.25, 0.3) is 0 Å². The highest BCUT2D eigenvalue weighted by molar-refractivity contribution is 5.27. The molecule has 1 aromatic rings. The third-order valence-corrected chi connectivity index (χ3v) is 3.11. The first kappa shape index (κ1) is 16.2. The van der Waals surface area contributed by atoms with Crippen molar-refractivity contribution < 1.29 is 9.84 Å². The van der Waals surface area contributed by atoms with Crippen LogP contribution >= 0.6 is 0 Å². The van der Waals surface area contributed by atoms with Gasteiger partial charge in [-0.15, -0.1) is 0 Å². The third kappa shape index (κ3) is 4.62. The van der Waals surface area contributed by atoms with Crippen molar-refractivity contribution in [1.82, 2.24) is 9.78 Å². The van der Waals surface area contributed by atoms with E-state index in [2.05, 4.69) is 25.9 Å². The molecule has 0 aliphatic rings. The Bertz CT molecular complexity index is 417. The molecule has 1 unspecified atom stereocenters. The Morgan fingerprint density at radius 1 is 1.26 bits per heavy atom. The van der Waals surface area contributed by atoms with Crippen LogP contribution in [0.15, 0.2) is 0 Å². The second-order valence-corrected chi connectivity index (χ2v) is 6.50.